The number of aliphatic carboxylic acids is 1. The van der Waals surface area contributed by atoms with Crippen LogP contribution < -0.4 is 0 Å². The van der Waals surface area contributed by atoms with E-state index in [1.165, 1.54) is 18.2 Å². The largest absolute Gasteiger partial charge is 0.508 e. The van der Waals surface area contributed by atoms with Crippen LogP contribution in [0.25, 0.3) is 0 Å². The number of phenols is 1. The van der Waals surface area contributed by atoms with E-state index >= 15 is 0 Å². The number of hydrogen-bond donors (Lipinski definition) is 3. The molecule has 6 heteroatoms. The van der Waals surface area contributed by atoms with E-state index in [-0.39, 0.29) is 18.7 Å². The van der Waals surface area contributed by atoms with Gasteiger partial charge in [0.15, 0.2) is 0 Å². The molecule has 2 rings (SSSR count). The van der Waals surface area contributed by atoms with Crippen LogP contribution in [-0.2, 0) is 4.79 Å². The standard InChI is InChI=1S/C13H15NO5/c1-7-4-8(2-3-11(7)16)12(17)14-6-9(15)5-10(14)13(18)19/h2-4,9-10,15-16H,5-6H2,1H3,(H,18,19)/t9-,10+/m1/s1. The Morgan fingerprint density at radius 2 is 2.05 bits per heavy atom. The minimum atomic E-state index is -1.12. The second kappa shape index (κ2) is 4.89. The van der Waals surface area contributed by atoms with E-state index in [9.17, 15) is 19.8 Å². The summed E-state index contributed by atoms with van der Waals surface area (Å²) < 4.78 is 0. The summed E-state index contributed by atoms with van der Waals surface area (Å²) >= 11 is 0. The third kappa shape index (κ3) is 2.53. The number of aryl methyl sites for hydroxylation is 1. The second-order valence-electron chi connectivity index (χ2n) is 4.70. The van der Waals surface area contributed by atoms with Gasteiger partial charge in [-0.05, 0) is 30.7 Å². The van der Waals surface area contributed by atoms with Crippen molar-refractivity contribution in [2.24, 2.45) is 0 Å². The molecule has 0 unspecified atom stereocenters. The molecule has 1 amide bonds. The predicted molar refractivity (Wildman–Crippen MR) is 65.9 cm³/mol. The topological polar surface area (TPSA) is 98.1 Å². The zero-order valence-corrected chi connectivity index (χ0v) is 10.4. The van der Waals surface area contributed by atoms with E-state index < -0.39 is 24.0 Å². The van der Waals surface area contributed by atoms with Crippen LogP contribution in [0.1, 0.15) is 22.3 Å². The van der Waals surface area contributed by atoms with Crippen LogP contribution in [0, 0.1) is 6.92 Å². The Balaban J connectivity index is 2.27. The molecule has 6 nitrogen and oxygen atoms in total. The van der Waals surface area contributed by atoms with Crippen molar-refractivity contribution in [1.29, 1.82) is 0 Å². The van der Waals surface area contributed by atoms with Gasteiger partial charge in [0, 0.05) is 18.5 Å². The lowest BCUT2D eigenvalue weighted by atomic mass is 10.1. The van der Waals surface area contributed by atoms with Crippen LogP contribution in [0.2, 0.25) is 0 Å². The average molecular weight is 265 g/mol. The van der Waals surface area contributed by atoms with Crippen molar-refractivity contribution >= 4 is 11.9 Å². The fourth-order valence-corrected chi connectivity index (χ4v) is 2.23. The number of aliphatic hydroxyl groups excluding tert-OH is 1. The summed E-state index contributed by atoms with van der Waals surface area (Å²) in [6.07, 6.45) is -0.777. The van der Waals surface area contributed by atoms with E-state index in [4.69, 9.17) is 5.11 Å². The van der Waals surface area contributed by atoms with Gasteiger partial charge in [-0.2, -0.15) is 0 Å². The first kappa shape index (κ1) is 13.4. The molecule has 1 aliphatic rings. The van der Waals surface area contributed by atoms with Gasteiger partial charge in [0.25, 0.3) is 5.91 Å². The number of carbonyl (C=O) groups is 2. The molecule has 0 aliphatic carbocycles. The quantitative estimate of drug-likeness (QED) is 0.717. The molecule has 1 saturated heterocycles. The van der Waals surface area contributed by atoms with Crippen LogP contribution in [0.4, 0.5) is 0 Å². The zero-order valence-electron chi connectivity index (χ0n) is 10.4. The van der Waals surface area contributed by atoms with Crippen molar-refractivity contribution in [1.82, 2.24) is 4.90 Å². The van der Waals surface area contributed by atoms with Gasteiger partial charge in [0.2, 0.25) is 0 Å². The monoisotopic (exact) mass is 265 g/mol. The van der Waals surface area contributed by atoms with Crippen molar-refractivity contribution < 1.29 is 24.9 Å². The molecule has 1 aromatic rings. The normalized spacial score (nSPS) is 22.5. The van der Waals surface area contributed by atoms with Crippen molar-refractivity contribution in [3.05, 3.63) is 29.3 Å². The van der Waals surface area contributed by atoms with Crippen LogP contribution in [0.3, 0.4) is 0 Å². The predicted octanol–water partition coefficient (Wildman–Crippen LogP) is 0.361. The number of carboxylic acids is 1. The third-order valence-corrected chi connectivity index (χ3v) is 3.27. The molecule has 1 aliphatic heterocycles. The zero-order chi connectivity index (χ0) is 14.2. The fourth-order valence-electron chi connectivity index (χ4n) is 2.23. The van der Waals surface area contributed by atoms with Gasteiger partial charge in [-0.15, -0.1) is 0 Å². The molecular formula is C13H15NO5. The van der Waals surface area contributed by atoms with Crippen LogP contribution in [0.5, 0.6) is 5.75 Å². The average Bonchev–Trinajstić information content (AvgIpc) is 2.74. The van der Waals surface area contributed by atoms with E-state index in [0.717, 1.165) is 4.90 Å². The lowest BCUT2D eigenvalue weighted by molar-refractivity contribution is -0.141. The van der Waals surface area contributed by atoms with Gasteiger partial charge in [0.05, 0.1) is 6.10 Å². The summed E-state index contributed by atoms with van der Waals surface area (Å²) in [5.41, 5.74) is 0.841. The number of rotatable bonds is 2. The molecule has 0 aromatic heterocycles. The molecule has 3 N–H and O–H groups in total. The molecule has 2 atom stereocenters. The summed E-state index contributed by atoms with van der Waals surface area (Å²) in [5.74, 6) is -1.50. The Kier molecular flexibility index (Phi) is 3.44. The van der Waals surface area contributed by atoms with Gasteiger partial charge in [-0.3, -0.25) is 4.79 Å². The molecule has 0 spiro atoms. The smallest absolute Gasteiger partial charge is 0.326 e. The number of hydrogen-bond acceptors (Lipinski definition) is 4. The molecule has 1 heterocycles. The number of benzene rings is 1. The van der Waals surface area contributed by atoms with E-state index in [1.807, 2.05) is 0 Å². The molecular weight excluding hydrogens is 250 g/mol. The Hall–Kier alpha value is -2.08. The first-order valence-corrected chi connectivity index (χ1v) is 5.91. The fraction of sp³-hybridized carbons (Fsp3) is 0.385. The number of aliphatic hydroxyl groups is 1. The number of amides is 1. The Labute approximate surface area is 109 Å². The van der Waals surface area contributed by atoms with Crippen LogP contribution in [0.15, 0.2) is 18.2 Å². The molecule has 0 saturated carbocycles. The van der Waals surface area contributed by atoms with Crippen LogP contribution in [-0.4, -0.2) is 50.8 Å². The number of phenolic OH excluding ortho intramolecular Hbond substituents is 1. The highest BCUT2D eigenvalue weighted by atomic mass is 16.4. The second-order valence-corrected chi connectivity index (χ2v) is 4.70. The first-order chi connectivity index (χ1) is 8.90. The molecule has 19 heavy (non-hydrogen) atoms. The van der Waals surface area contributed by atoms with Gasteiger partial charge in [0.1, 0.15) is 11.8 Å². The van der Waals surface area contributed by atoms with Gasteiger partial charge < -0.3 is 20.2 Å². The van der Waals surface area contributed by atoms with Gasteiger partial charge >= 0.3 is 5.97 Å². The van der Waals surface area contributed by atoms with Gasteiger partial charge in [-0.1, -0.05) is 0 Å². The number of carboxylic acid groups (broad SMARTS) is 1. The summed E-state index contributed by atoms with van der Waals surface area (Å²) in [5, 5.41) is 28.0. The number of nitrogens with zero attached hydrogens (tertiary/aromatic N) is 1. The highest BCUT2D eigenvalue weighted by Gasteiger charge is 2.39. The van der Waals surface area contributed by atoms with Crippen molar-refractivity contribution in [2.45, 2.75) is 25.5 Å². The Morgan fingerprint density at radius 1 is 1.37 bits per heavy atom. The maximum atomic E-state index is 12.2. The maximum absolute atomic E-state index is 12.2. The third-order valence-electron chi connectivity index (χ3n) is 3.27. The Bertz CT molecular complexity index is 528. The van der Waals surface area contributed by atoms with Crippen molar-refractivity contribution in [2.75, 3.05) is 6.54 Å². The highest BCUT2D eigenvalue weighted by molar-refractivity contribution is 5.97. The summed E-state index contributed by atoms with van der Waals surface area (Å²) in [6.45, 7) is 1.66. The maximum Gasteiger partial charge on any atom is 0.326 e. The van der Waals surface area contributed by atoms with Crippen LogP contribution >= 0.6 is 0 Å². The minimum absolute atomic E-state index is 0.00965. The Morgan fingerprint density at radius 3 is 2.63 bits per heavy atom. The summed E-state index contributed by atoms with van der Waals surface area (Å²) in [7, 11) is 0. The molecule has 102 valence electrons. The van der Waals surface area contributed by atoms with Crippen molar-refractivity contribution in [3.63, 3.8) is 0 Å². The molecule has 1 aromatic carbocycles. The number of likely N-dealkylation sites (tertiary alicyclic amines) is 1. The first-order valence-electron chi connectivity index (χ1n) is 5.91. The number of β-amino-alcohol motifs (C(OH)–C–C–N with tert-alkyl or cyclic N) is 1. The lowest BCUT2D eigenvalue weighted by Gasteiger charge is -2.21. The van der Waals surface area contributed by atoms with E-state index in [1.54, 1.807) is 6.92 Å². The van der Waals surface area contributed by atoms with E-state index in [2.05, 4.69) is 0 Å². The lowest BCUT2D eigenvalue weighted by Crippen LogP contribution is -2.40. The van der Waals surface area contributed by atoms with Crippen molar-refractivity contribution in [3.8, 4) is 5.75 Å². The minimum Gasteiger partial charge on any atom is -0.508 e. The molecule has 0 bridgehead atoms. The van der Waals surface area contributed by atoms with E-state index in [0.29, 0.717) is 11.1 Å². The number of carbonyl (C=O) groups excluding carboxylic acids is 1. The summed E-state index contributed by atoms with van der Waals surface area (Å²) in [4.78, 5) is 24.5. The summed E-state index contributed by atoms with van der Waals surface area (Å²) in [6, 6.07) is 3.33. The molecule has 1 fully saturated rings. The SMILES string of the molecule is Cc1cc(C(=O)N2C[C@H](O)C[C@H]2C(=O)O)ccc1O. The molecule has 0 radical (unpaired) electrons. The highest BCUT2D eigenvalue weighted by Crippen LogP contribution is 2.23. The van der Waals surface area contributed by atoms with Gasteiger partial charge in [-0.25, -0.2) is 4.79 Å². The number of aromatic hydroxyl groups is 1.